The van der Waals surface area contributed by atoms with Crippen LogP contribution in [0.4, 0.5) is 5.69 Å². The molecule has 1 saturated heterocycles. The number of aryl methyl sites for hydroxylation is 1. The summed E-state index contributed by atoms with van der Waals surface area (Å²) < 4.78 is 27.1. The number of rotatable bonds is 3. The monoisotopic (exact) mass is 310 g/mol. The fourth-order valence-corrected chi connectivity index (χ4v) is 4.24. The molecule has 2 rings (SSSR count). The molecule has 6 heteroatoms. The molecule has 0 bridgehead atoms. The van der Waals surface area contributed by atoms with E-state index in [2.05, 4.69) is 12.2 Å². The quantitative estimate of drug-likeness (QED) is 0.932. The lowest BCUT2D eigenvalue weighted by molar-refractivity contribution is -0.114. The summed E-state index contributed by atoms with van der Waals surface area (Å²) in [6, 6.07) is 4.99. The normalized spacial score (nSPS) is 17.7. The van der Waals surface area contributed by atoms with Crippen LogP contribution in [0.5, 0.6) is 0 Å². The van der Waals surface area contributed by atoms with E-state index < -0.39 is 10.0 Å². The molecule has 1 aliphatic rings. The number of carbonyl (C=O) groups is 1. The molecule has 1 aromatic carbocycles. The Morgan fingerprint density at radius 1 is 1.29 bits per heavy atom. The average Bonchev–Trinajstić information content (AvgIpc) is 2.41. The van der Waals surface area contributed by atoms with Crippen molar-refractivity contribution >= 4 is 21.6 Å². The average molecular weight is 310 g/mol. The minimum absolute atomic E-state index is 0.214. The molecule has 1 fully saturated rings. The van der Waals surface area contributed by atoms with Crippen LogP contribution in [-0.4, -0.2) is 31.7 Å². The zero-order valence-corrected chi connectivity index (χ0v) is 13.5. The molecule has 1 aromatic rings. The van der Waals surface area contributed by atoms with Crippen LogP contribution in [0.3, 0.4) is 0 Å². The Balaban J connectivity index is 2.32. The predicted molar refractivity (Wildman–Crippen MR) is 82.6 cm³/mol. The molecular weight excluding hydrogens is 288 g/mol. The van der Waals surface area contributed by atoms with Gasteiger partial charge < -0.3 is 5.32 Å². The van der Waals surface area contributed by atoms with Crippen LogP contribution in [0.2, 0.25) is 0 Å². The zero-order chi connectivity index (χ0) is 15.6. The summed E-state index contributed by atoms with van der Waals surface area (Å²) in [4.78, 5) is 11.4. The first-order valence-corrected chi connectivity index (χ1v) is 8.63. The van der Waals surface area contributed by atoms with Crippen LogP contribution in [0, 0.1) is 12.8 Å². The Morgan fingerprint density at radius 3 is 2.48 bits per heavy atom. The van der Waals surface area contributed by atoms with Gasteiger partial charge in [-0.1, -0.05) is 13.0 Å². The van der Waals surface area contributed by atoms with Crippen LogP contribution in [0.1, 0.15) is 32.3 Å². The molecule has 21 heavy (non-hydrogen) atoms. The van der Waals surface area contributed by atoms with Crippen molar-refractivity contribution in [3.63, 3.8) is 0 Å². The van der Waals surface area contributed by atoms with E-state index in [1.165, 1.54) is 6.92 Å². The molecular formula is C15H22N2O3S. The molecule has 1 N–H and O–H groups in total. The van der Waals surface area contributed by atoms with Gasteiger partial charge in [0.2, 0.25) is 15.9 Å². The summed E-state index contributed by atoms with van der Waals surface area (Å²) in [5.41, 5.74) is 1.21. The first kappa shape index (κ1) is 16.0. The van der Waals surface area contributed by atoms with Gasteiger partial charge >= 0.3 is 0 Å². The fourth-order valence-electron chi connectivity index (χ4n) is 2.52. The largest absolute Gasteiger partial charge is 0.326 e. The van der Waals surface area contributed by atoms with Crippen LogP contribution in [0.25, 0.3) is 0 Å². The molecule has 116 valence electrons. The smallest absolute Gasteiger partial charge is 0.243 e. The topological polar surface area (TPSA) is 66.5 Å². The van der Waals surface area contributed by atoms with E-state index in [9.17, 15) is 13.2 Å². The Kier molecular flexibility index (Phi) is 4.68. The van der Waals surface area contributed by atoms with E-state index in [-0.39, 0.29) is 10.8 Å². The maximum Gasteiger partial charge on any atom is 0.243 e. The van der Waals surface area contributed by atoms with Gasteiger partial charge in [0.15, 0.2) is 0 Å². The van der Waals surface area contributed by atoms with Crippen molar-refractivity contribution in [3.05, 3.63) is 23.8 Å². The van der Waals surface area contributed by atoms with E-state index in [4.69, 9.17) is 0 Å². The van der Waals surface area contributed by atoms with E-state index >= 15 is 0 Å². The Hall–Kier alpha value is -1.40. The summed E-state index contributed by atoms with van der Waals surface area (Å²) >= 11 is 0. The van der Waals surface area contributed by atoms with Gasteiger partial charge in [-0.15, -0.1) is 0 Å². The second kappa shape index (κ2) is 6.15. The number of anilines is 1. The van der Waals surface area contributed by atoms with Crippen LogP contribution < -0.4 is 5.32 Å². The molecule has 0 atom stereocenters. The van der Waals surface area contributed by atoms with Gasteiger partial charge in [0.1, 0.15) is 0 Å². The number of hydrogen-bond donors (Lipinski definition) is 1. The van der Waals surface area contributed by atoms with Crippen molar-refractivity contribution < 1.29 is 13.2 Å². The maximum absolute atomic E-state index is 12.8. The SMILES string of the molecule is CC(=O)Nc1ccc(C)c(S(=O)(=O)N2CCC(C)CC2)c1. The number of nitrogens with one attached hydrogen (secondary N) is 1. The highest BCUT2D eigenvalue weighted by atomic mass is 32.2. The molecule has 0 radical (unpaired) electrons. The van der Waals surface area contributed by atoms with Gasteiger partial charge in [-0.25, -0.2) is 8.42 Å². The zero-order valence-electron chi connectivity index (χ0n) is 12.7. The molecule has 1 heterocycles. The molecule has 1 aliphatic heterocycles. The van der Waals surface area contributed by atoms with E-state index in [1.54, 1.807) is 29.4 Å². The lowest BCUT2D eigenvalue weighted by Gasteiger charge is -2.30. The van der Waals surface area contributed by atoms with Gasteiger partial charge in [-0.2, -0.15) is 4.31 Å². The second-order valence-corrected chi connectivity index (χ2v) is 7.65. The van der Waals surface area contributed by atoms with Crippen molar-refractivity contribution in [2.24, 2.45) is 5.92 Å². The third-order valence-electron chi connectivity index (χ3n) is 3.87. The molecule has 0 spiro atoms. The minimum atomic E-state index is -3.49. The molecule has 0 unspecified atom stereocenters. The summed E-state index contributed by atoms with van der Waals surface area (Å²) in [7, 11) is -3.49. The standard InChI is InChI=1S/C15H22N2O3S/c1-11-6-8-17(9-7-11)21(19,20)15-10-14(16-13(3)18)5-4-12(15)2/h4-5,10-11H,6-9H2,1-3H3,(H,16,18). The highest BCUT2D eigenvalue weighted by Gasteiger charge is 2.29. The van der Waals surface area contributed by atoms with E-state index in [1.807, 2.05) is 0 Å². The summed E-state index contributed by atoms with van der Waals surface area (Å²) in [6.07, 6.45) is 1.79. The van der Waals surface area contributed by atoms with Gasteiger partial charge in [0.05, 0.1) is 4.90 Å². The van der Waals surface area contributed by atoms with Crippen LogP contribution in [0.15, 0.2) is 23.1 Å². The van der Waals surface area contributed by atoms with Gasteiger partial charge in [0, 0.05) is 25.7 Å². The maximum atomic E-state index is 12.8. The van der Waals surface area contributed by atoms with Gasteiger partial charge in [0.25, 0.3) is 0 Å². The van der Waals surface area contributed by atoms with Gasteiger partial charge in [-0.3, -0.25) is 4.79 Å². The number of piperidine rings is 1. The summed E-state index contributed by atoms with van der Waals surface area (Å²) in [5.74, 6) is 0.359. The number of sulfonamides is 1. The van der Waals surface area contributed by atoms with Crippen LogP contribution >= 0.6 is 0 Å². The highest BCUT2D eigenvalue weighted by molar-refractivity contribution is 7.89. The lowest BCUT2D eigenvalue weighted by atomic mass is 10.0. The highest BCUT2D eigenvalue weighted by Crippen LogP contribution is 2.27. The predicted octanol–water partition coefficient (Wildman–Crippen LogP) is 2.37. The molecule has 0 aliphatic carbocycles. The molecule has 5 nitrogen and oxygen atoms in total. The molecule has 1 amide bonds. The number of benzene rings is 1. The fraction of sp³-hybridized carbons (Fsp3) is 0.533. The second-order valence-electron chi connectivity index (χ2n) is 5.75. The Morgan fingerprint density at radius 2 is 1.90 bits per heavy atom. The molecule has 0 saturated carbocycles. The number of amides is 1. The number of carbonyl (C=O) groups excluding carboxylic acids is 1. The van der Waals surface area contributed by atoms with E-state index in [0.29, 0.717) is 30.3 Å². The number of nitrogens with zero attached hydrogens (tertiary/aromatic N) is 1. The minimum Gasteiger partial charge on any atom is -0.326 e. The van der Waals surface area contributed by atoms with Crippen molar-refractivity contribution in [1.82, 2.24) is 4.31 Å². The summed E-state index contributed by atoms with van der Waals surface area (Å²) in [5, 5.41) is 2.63. The Labute approximate surface area is 126 Å². The number of hydrogen-bond acceptors (Lipinski definition) is 3. The van der Waals surface area contributed by atoms with Crippen molar-refractivity contribution in [2.45, 2.75) is 38.5 Å². The van der Waals surface area contributed by atoms with Crippen molar-refractivity contribution in [2.75, 3.05) is 18.4 Å². The Bertz CT molecular complexity index is 632. The summed E-state index contributed by atoms with van der Waals surface area (Å²) in [6.45, 7) is 6.45. The van der Waals surface area contributed by atoms with Crippen LogP contribution in [-0.2, 0) is 14.8 Å². The third kappa shape index (κ3) is 3.63. The first-order chi connectivity index (χ1) is 9.80. The first-order valence-electron chi connectivity index (χ1n) is 7.19. The molecule has 0 aromatic heterocycles. The third-order valence-corrected chi connectivity index (χ3v) is 5.91. The van der Waals surface area contributed by atoms with Crippen molar-refractivity contribution in [3.8, 4) is 0 Å². The lowest BCUT2D eigenvalue weighted by Crippen LogP contribution is -2.38. The van der Waals surface area contributed by atoms with E-state index in [0.717, 1.165) is 12.8 Å². The van der Waals surface area contributed by atoms with Crippen molar-refractivity contribution in [1.29, 1.82) is 0 Å². The van der Waals surface area contributed by atoms with Gasteiger partial charge in [-0.05, 0) is 43.4 Å².